The zero-order valence-corrected chi connectivity index (χ0v) is 19.7. The minimum Gasteiger partial charge on any atom is -0.497 e. The second-order valence-corrected chi connectivity index (χ2v) is 9.58. The van der Waals surface area contributed by atoms with Crippen molar-refractivity contribution in [1.29, 1.82) is 0 Å². The molecule has 0 saturated carbocycles. The van der Waals surface area contributed by atoms with E-state index < -0.39 is 10.0 Å². The fourth-order valence-corrected chi connectivity index (χ4v) is 4.67. The van der Waals surface area contributed by atoms with Crippen molar-refractivity contribution in [3.63, 3.8) is 0 Å². The number of carbonyl (C=O) groups excluding carboxylic acids is 1. The standard InChI is InChI=1S/C25H27N3O5S/c1-32-22-9-7-21(8-10-22)27-14-16-28(17-15-27)25(29)13-6-20-4-11-24(12-5-20)34(30,31)26-19-23-3-2-18-33-23/h2-13,18,26H,14-17,19H2,1H3/b13-6+. The van der Waals surface area contributed by atoms with Crippen LogP contribution in [0.2, 0.25) is 0 Å². The Kier molecular flexibility index (Phi) is 7.34. The lowest BCUT2D eigenvalue weighted by Gasteiger charge is -2.35. The van der Waals surface area contributed by atoms with Crippen molar-refractivity contribution < 1.29 is 22.4 Å². The molecule has 0 spiro atoms. The van der Waals surface area contributed by atoms with Gasteiger partial charge < -0.3 is 19.0 Å². The van der Waals surface area contributed by atoms with Gasteiger partial charge in [0.15, 0.2) is 0 Å². The predicted octanol–water partition coefficient (Wildman–Crippen LogP) is 3.13. The van der Waals surface area contributed by atoms with Crippen LogP contribution in [0.3, 0.4) is 0 Å². The molecule has 9 heteroatoms. The van der Waals surface area contributed by atoms with Crippen molar-refractivity contribution in [1.82, 2.24) is 9.62 Å². The Balaban J connectivity index is 1.29. The fourth-order valence-electron chi connectivity index (χ4n) is 3.67. The van der Waals surface area contributed by atoms with Gasteiger partial charge in [-0.2, -0.15) is 0 Å². The van der Waals surface area contributed by atoms with E-state index in [4.69, 9.17) is 9.15 Å². The predicted molar refractivity (Wildman–Crippen MR) is 130 cm³/mol. The Morgan fingerprint density at radius 1 is 1.03 bits per heavy atom. The topological polar surface area (TPSA) is 92.1 Å². The summed E-state index contributed by atoms with van der Waals surface area (Å²) in [4.78, 5) is 16.8. The van der Waals surface area contributed by atoms with E-state index in [2.05, 4.69) is 9.62 Å². The molecular formula is C25H27N3O5S. The van der Waals surface area contributed by atoms with Crippen LogP contribution in [0.5, 0.6) is 5.75 Å². The van der Waals surface area contributed by atoms with Crippen molar-refractivity contribution in [2.45, 2.75) is 11.4 Å². The zero-order valence-electron chi connectivity index (χ0n) is 18.9. The maximum atomic E-state index is 12.6. The number of rotatable bonds is 8. The van der Waals surface area contributed by atoms with Gasteiger partial charge in [0, 0.05) is 37.9 Å². The van der Waals surface area contributed by atoms with E-state index in [1.165, 1.54) is 24.5 Å². The van der Waals surface area contributed by atoms with E-state index in [0.717, 1.165) is 30.1 Å². The fraction of sp³-hybridized carbons (Fsp3) is 0.240. The van der Waals surface area contributed by atoms with Crippen molar-refractivity contribution in [3.05, 3.63) is 84.3 Å². The molecule has 0 aliphatic carbocycles. The van der Waals surface area contributed by atoms with Gasteiger partial charge in [-0.3, -0.25) is 4.79 Å². The Morgan fingerprint density at radius 2 is 1.74 bits per heavy atom. The Morgan fingerprint density at radius 3 is 2.35 bits per heavy atom. The summed E-state index contributed by atoms with van der Waals surface area (Å²) < 4.78 is 37.7. The second kappa shape index (κ2) is 10.6. The SMILES string of the molecule is COc1ccc(N2CCN(C(=O)/C=C/c3ccc(S(=O)(=O)NCc4ccco4)cc3)CC2)cc1. The number of hydrogen-bond donors (Lipinski definition) is 1. The lowest BCUT2D eigenvalue weighted by molar-refractivity contribution is -0.126. The number of methoxy groups -OCH3 is 1. The lowest BCUT2D eigenvalue weighted by Crippen LogP contribution is -2.48. The maximum Gasteiger partial charge on any atom is 0.246 e. The molecule has 0 unspecified atom stereocenters. The highest BCUT2D eigenvalue weighted by Gasteiger charge is 2.20. The van der Waals surface area contributed by atoms with E-state index in [1.807, 2.05) is 29.2 Å². The molecule has 178 valence electrons. The smallest absolute Gasteiger partial charge is 0.246 e. The number of ether oxygens (including phenoxy) is 1. The van der Waals surface area contributed by atoms with Crippen molar-refractivity contribution in [3.8, 4) is 5.75 Å². The van der Waals surface area contributed by atoms with E-state index in [1.54, 1.807) is 37.5 Å². The third kappa shape index (κ3) is 5.86. The quantitative estimate of drug-likeness (QED) is 0.497. The van der Waals surface area contributed by atoms with Gasteiger partial charge in [-0.25, -0.2) is 13.1 Å². The Labute approximate surface area is 199 Å². The number of piperazine rings is 1. The summed E-state index contributed by atoms with van der Waals surface area (Å²) in [7, 11) is -2.01. The molecular weight excluding hydrogens is 454 g/mol. The third-order valence-corrected chi connectivity index (χ3v) is 7.07. The molecule has 1 fully saturated rings. The van der Waals surface area contributed by atoms with Gasteiger partial charge in [0.1, 0.15) is 11.5 Å². The van der Waals surface area contributed by atoms with Crippen LogP contribution in [0.15, 0.2) is 82.3 Å². The molecule has 0 atom stereocenters. The maximum absolute atomic E-state index is 12.6. The van der Waals surface area contributed by atoms with E-state index in [9.17, 15) is 13.2 Å². The largest absolute Gasteiger partial charge is 0.497 e. The van der Waals surface area contributed by atoms with Crippen molar-refractivity contribution in [2.24, 2.45) is 0 Å². The van der Waals surface area contributed by atoms with E-state index in [0.29, 0.717) is 18.8 Å². The summed E-state index contributed by atoms with van der Waals surface area (Å²) in [6.07, 6.45) is 4.72. The highest BCUT2D eigenvalue weighted by Crippen LogP contribution is 2.20. The van der Waals surface area contributed by atoms with Gasteiger partial charge in [-0.05, 0) is 60.2 Å². The van der Waals surface area contributed by atoms with Crippen LogP contribution in [0.25, 0.3) is 6.08 Å². The molecule has 2 heterocycles. The molecule has 1 amide bonds. The summed E-state index contributed by atoms with van der Waals surface area (Å²) >= 11 is 0. The summed E-state index contributed by atoms with van der Waals surface area (Å²) in [5.41, 5.74) is 1.85. The molecule has 2 aromatic carbocycles. The first kappa shape index (κ1) is 23.6. The van der Waals surface area contributed by atoms with Gasteiger partial charge in [0.2, 0.25) is 15.9 Å². The average molecular weight is 482 g/mol. The number of hydrogen-bond acceptors (Lipinski definition) is 6. The number of amides is 1. The molecule has 1 aromatic heterocycles. The van der Waals surface area contributed by atoms with Crippen LogP contribution in [0.1, 0.15) is 11.3 Å². The minimum atomic E-state index is -3.65. The van der Waals surface area contributed by atoms with Gasteiger partial charge in [0.25, 0.3) is 0 Å². The van der Waals surface area contributed by atoms with E-state index in [-0.39, 0.29) is 17.3 Å². The molecule has 3 aromatic rings. The number of nitrogens with one attached hydrogen (secondary N) is 1. The van der Waals surface area contributed by atoms with Crippen LogP contribution in [-0.4, -0.2) is 52.5 Å². The summed E-state index contributed by atoms with van der Waals surface area (Å²) in [6.45, 7) is 2.85. The molecule has 8 nitrogen and oxygen atoms in total. The second-order valence-electron chi connectivity index (χ2n) is 7.82. The van der Waals surface area contributed by atoms with Crippen molar-refractivity contribution >= 4 is 27.7 Å². The van der Waals surface area contributed by atoms with Crippen molar-refractivity contribution in [2.75, 3.05) is 38.2 Å². The van der Waals surface area contributed by atoms with E-state index >= 15 is 0 Å². The average Bonchev–Trinajstić information content (AvgIpc) is 3.40. The third-order valence-electron chi connectivity index (χ3n) is 5.65. The molecule has 34 heavy (non-hydrogen) atoms. The van der Waals surface area contributed by atoms with Gasteiger partial charge >= 0.3 is 0 Å². The number of sulfonamides is 1. The monoisotopic (exact) mass is 481 g/mol. The highest BCUT2D eigenvalue weighted by atomic mass is 32.2. The van der Waals surface area contributed by atoms with Crippen LogP contribution >= 0.6 is 0 Å². The lowest BCUT2D eigenvalue weighted by atomic mass is 10.2. The van der Waals surface area contributed by atoms with Gasteiger partial charge in [-0.15, -0.1) is 0 Å². The number of furan rings is 1. The Bertz CT molecular complexity index is 1210. The van der Waals surface area contributed by atoms with Crippen LogP contribution in [0, 0.1) is 0 Å². The molecule has 1 saturated heterocycles. The first-order chi connectivity index (χ1) is 16.4. The first-order valence-electron chi connectivity index (χ1n) is 10.9. The molecule has 0 bridgehead atoms. The molecule has 1 N–H and O–H groups in total. The number of nitrogens with zero attached hydrogens (tertiary/aromatic N) is 2. The van der Waals surface area contributed by atoms with Gasteiger partial charge in [-0.1, -0.05) is 12.1 Å². The van der Waals surface area contributed by atoms with Crippen LogP contribution in [-0.2, 0) is 21.4 Å². The molecule has 1 aliphatic heterocycles. The van der Waals surface area contributed by atoms with Gasteiger partial charge in [0.05, 0.1) is 24.8 Å². The van der Waals surface area contributed by atoms with Crippen LogP contribution in [0.4, 0.5) is 5.69 Å². The number of carbonyl (C=O) groups is 1. The Hall–Kier alpha value is -3.56. The summed E-state index contributed by atoms with van der Waals surface area (Å²) in [5.74, 6) is 1.29. The number of anilines is 1. The van der Waals surface area contributed by atoms with Crippen LogP contribution < -0.4 is 14.4 Å². The molecule has 0 radical (unpaired) electrons. The molecule has 4 rings (SSSR count). The minimum absolute atomic E-state index is 0.0637. The molecule has 1 aliphatic rings. The summed E-state index contributed by atoms with van der Waals surface area (Å²) in [6, 6.07) is 17.7. The highest BCUT2D eigenvalue weighted by molar-refractivity contribution is 7.89. The zero-order chi connectivity index (χ0) is 24.0. The normalized spacial score (nSPS) is 14.5. The summed E-state index contributed by atoms with van der Waals surface area (Å²) in [5, 5.41) is 0. The number of benzene rings is 2. The first-order valence-corrected chi connectivity index (χ1v) is 12.4.